The highest BCUT2D eigenvalue weighted by molar-refractivity contribution is 8.31. The number of methoxy groups -OCH3 is 1. The molecule has 0 radical (unpaired) electrons. The quantitative estimate of drug-likeness (QED) is 0.693. The molecule has 0 fully saturated rings. The van der Waals surface area contributed by atoms with E-state index >= 15 is 0 Å². The Morgan fingerprint density at radius 3 is 1.81 bits per heavy atom. The Morgan fingerprint density at radius 2 is 1.43 bits per heavy atom. The van der Waals surface area contributed by atoms with Gasteiger partial charge in [0.15, 0.2) is 11.6 Å². The van der Waals surface area contributed by atoms with Crippen LogP contribution in [0, 0.1) is 12.7 Å². The van der Waals surface area contributed by atoms with Gasteiger partial charge < -0.3 is 8.92 Å². The first-order valence-electron chi connectivity index (χ1n) is 7.50. The molecule has 0 amide bonds. The lowest BCUT2D eigenvalue weighted by molar-refractivity contribution is 0.382. The summed E-state index contributed by atoms with van der Waals surface area (Å²) in [5.41, 5.74) is 0.550. The summed E-state index contributed by atoms with van der Waals surface area (Å²) in [6.45, 7) is 15.0. The van der Waals surface area contributed by atoms with Crippen molar-refractivity contribution in [1.29, 1.82) is 0 Å². The van der Waals surface area contributed by atoms with Crippen molar-refractivity contribution in [1.82, 2.24) is 0 Å². The highest BCUT2D eigenvalue weighted by Gasteiger charge is 2.37. The van der Waals surface area contributed by atoms with Crippen LogP contribution in [0.4, 0.5) is 4.39 Å². The number of halogens is 1. The standard InChI is InChI=1S/C17H29FO2S/c1-11(2)21(12(3)4,13(5)6)20-15-9-14(7)17(18)16(10-15)19-8/h9-13H,1-8H3. The van der Waals surface area contributed by atoms with Crippen LogP contribution >= 0.6 is 10.3 Å². The zero-order valence-corrected chi connectivity index (χ0v) is 15.3. The van der Waals surface area contributed by atoms with E-state index < -0.39 is 10.3 Å². The van der Waals surface area contributed by atoms with Gasteiger partial charge in [0.25, 0.3) is 0 Å². The van der Waals surface area contributed by atoms with Crippen LogP contribution in [0.5, 0.6) is 11.5 Å². The Morgan fingerprint density at radius 1 is 0.952 bits per heavy atom. The predicted octanol–water partition coefficient (Wildman–Crippen LogP) is 5.47. The molecule has 1 rings (SSSR count). The molecule has 1 aromatic rings. The van der Waals surface area contributed by atoms with Crippen LogP contribution in [0.2, 0.25) is 0 Å². The van der Waals surface area contributed by atoms with Crippen LogP contribution in [0.15, 0.2) is 12.1 Å². The normalized spacial score (nSPS) is 13.1. The van der Waals surface area contributed by atoms with E-state index in [2.05, 4.69) is 41.5 Å². The minimum Gasteiger partial charge on any atom is -0.494 e. The summed E-state index contributed by atoms with van der Waals surface area (Å²) < 4.78 is 25.5. The molecule has 0 atom stereocenters. The van der Waals surface area contributed by atoms with Crippen LogP contribution in [-0.4, -0.2) is 22.9 Å². The topological polar surface area (TPSA) is 18.5 Å². The molecule has 0 aromatic heterocycles. The molecule has 0 unspecified atom stereocenters. The second kappa shape index (κ2) is 6.91. The van der Waals surface area contributed by atoms with Crippen molar-refractivity contribution in [3.05, 3.63) is 23.5 Å². The molecule has 0 aliphatic rings. The summed E-state index contributed by atoms with van der Waals surface area (Å²) in [5, 5.41) is 1.27. The first-order valence-corrected chi connectivity index (χ1v) is 9.25. The van der Waals surface area contributed by atoms with Crippen LogP contribution in [0.1, 0.15) is 47.1 Å². The van der Waals surface area contributed by atoms with Crippen molar-refractivity contribution in [3.63, 3.8) is 0 Å². The number of benzene rings is 1. The largest absolute Gasteiger partial charge is 0.494 e. The number of rotatable bonds is 6. The minimum absolute atomic E-state index is 0.245. The molecule has 0 saturated carbocycles. The highest BCUT2D eigenvalue weighted by atomic mass is 32.3. The lowest BCUT2D eigenvalue weighted by atomic mass is 10.2. The van der Waals surface area contributed by atoms with E-state index in [1.54, 1.807) is 19.1 Å². The Kier molecular flexibility index (Phi) is 5.97. The Balaban J connectivity index is 3.30. The summed E-state index contributed by atoms with van der Waals surface area (Å²) >= 11 is 0. The fourth-order valence-corrected chi connectivity index (χ4v) is 7.26. The summed E-state index contributed by atoms with van der Waals surface area (Å²) in [7, 11) is 0.149. The van der Waals surface area contributed by atoms with E-state index in [9.17, 15) is 4.39 Å². The van der Waals surface area contributed by atoms with Gasteiger partial charge in [-0.15, -0.1) is 0 Å². The van der Waals surface area contributed by atoms with Crippen molar-refractivity contribution >= 4 is 10.3 Å². The second-order valence-electron chi connectivity index (χ2n) is 6.18. The van der Waals surface area contributed by atoms with Crippen LogP contribution in [0.25, 0.3) is 0 Å². The molecular formula is C17H29FO2S. The predicted molar refractivity (Wildman–Crippen MR) is 91.3 cm³/mol. The number of hydrogen-bond donors (Lipinski definition) is 0. The maximum Gasteiger partial charge on any atom is 0.168 e. The van der Waals surface area contributed by atoms with Gasteiger partial charge in [-0.1, -0.05) is 51.9 Å². The third kappa shape index (κ3) is 3.47. The third-order valence-electron chi connectivity index (χ3n) is 3.87. The van der Waals surface area contributed by atoms with Gasteiger partial charge >= 0.3 is 0 Å². The summed E-state index contributed by atoms with van der Waals surface area (Å²) in [5.74, 6) is 0.635. The molecule has 4 heteroatoms. The second-order valence-corrected chi connectivity index (χ2v) is 10.6. The molecule has 122 valence electrons. The lowest BCUT2D eigenvalue weighted by Gasteiger charge is -2.50. The molecule has 1 aromatic carbocycles. The molecule has 0 N–H and O–H groups in total. The van der Waals surface area contributed by atoms with Crippen molar-refractivity contribution in [2.75, 3.05) is 7.11 Å². The molecule has 0 spiro atoms. The van der Waals surface area contributed by atoms with E-state index in [-0.39, 0.29) is 11.6 Å². The highest BCUT2D eigenvalue weighted by Crippen LogP contribution is 2.61. The van der Waals surface area contributed by atoms with Gasteiger partial charge in [0.1, 0.15) is 5.75 Å². The monoisotopic (exact) mass is 316 g/mol. The molecule has 0 saturated heterocycles. The van der Waals surface area contributed by atoms with Crippen molar-refractivity contribution in [2.45, 2.75) is 64.2 Å². The van der Waals surface area contributed by atoms with Gasteiger partial charge in [-0.2, -0.15) is 0 Å². The van der Waals surface area contributed by atoms with Gasteiger partial charge in [-0.3, -0.25) is 0 Å². The lowest BCUT2D eigenvalue weighted by Crippen LogP contribution is -2.33. The third-order valence-corrected chi connectivity index (χ3v) is 8.77. The van der Waals surface area contributed by atoms with Crippen LogP contribution in [0.3, 0.4) is 0 Å². The SMILES string of the molecule is COc1cc(OS(C(C)C)(C(C)C)C(C)C)cc(C)c1F. The maximum atomic E-state index is 13.9. The maximum absolute atomic E-state index is 13.9. The molecule has 2 nitrogen and oxygen atoms in total. The van der Waals surface area contributed by atoms with Gasteiger partial charge in [0.2, 0.25) is 0 Å². The van der Waals surface area contributed by atoms with Crippen LogP contribution < -0.4 is 8.92 Å². The fraction of sp³-hybridized carbons (Fsp3) is 0.647. The van der Waals surface area contributed by atoms with Gasteiger partial charge in [-0.05, 0) is 18.6 Å². The Labute approximate surface area is 130 Å². The van der Waals surface area contributed by atoms with Crippen molar-refractivity contribution < 1.29 is 13.3 Å². The number of hydrogen-bond acceptors (Lipinski definition) is 2. The van der Waals surface area contributed by atoms with E-state index in [1.807, 2.05) is 0 Å². The summed E-state index contributed by atoms with van der Waals surface area (Å²) in [6.07, 6.45) is 0. The average Bonchev–Trinajstić information content (AvgIpc) is 2.38. The van der Waals surface area contributed by atoms with Gasteiger partial charge in [0.05, 0.1) is 7.11 Å². The van der Waals surface area contributed by atoms with Gasteiger partial charge in [-0.25, -0.2) is 4.39 Å². The molecule has 0 heterocycles. The smallest absolute Gasteiger partial charge is 0.168 e. The minimum atomic E-state index is -1.33. The number of aryl methyl sites for hydroxylation is 1. The van der Waals surface area contributed by atoms with E-state index in [1.165, 1.54) is 7.11 Å². The Bertz CT molecular complexity index is 462. The zero-order valence-electron chi connectivity index (χ0n) is 14.5. The molecule has 0 bridgehead atoms. The molecule has 0 aliphatic heterocycles. The average molecular weight is 316 g/mol. The van der Waals surface area contributed by atoms with Gasteiger partial charge in [0, 0.05) is 21.8 Å². The molecule has 0 aliphatic carbocycles. The zero-order chi connectivity index (χ0) is 16.4. The first kappa shape index (κ1) is 18.1. The molecule has 21 heavy (non-hydrogen) atoms. The first-order chi connectivity index (χ1) is 9.66. The van der Waals surface area contributed by atoms with E-state index in [0.717, 1.165) is 0 Å². The van der Waals surface area contributed by atoms with E-state index in [0.29, 0.717) is 27.1 Å². The fourth-order valence-electron chi connectivity index (χ4n) is 2.99. The summed E-state index contributed by atoms with van der Waals surface area (Å²) in [4.78, 5) is 0. The van der Waals surface area contributed by atoms with E-state index in [4.69, 9.17) is 8.92 Å². The van der Waals surface area contributed by atoms with Crippen molar-refractivity contribution in [3.8, 4) is 11.5 Å². The molecular weight excluding hydrogens is 287 g/mol. The Hall–Kier alpha value is -0.900. The van der Waals surface area contributed by atoms with Crippen molar-refractivity contribution in [2.24, 2.45) is 0 Å². The van der Waals surface area contributed by atoms with Crippen LogP contribution in [-0.2, 0) is 0 Å². The number of ether oxygens (including phenoxy) is 1. The summed E-state index contributed by atoms with van der Waals surface area (Å²) in [6, 6.07) is 3.43.